The summed E-state index contributed by atoms with van der Waals surface area (Å²) in [5.41, 5.74) is 6.30. The normalized spacial score (nSPS) is 19.7. The first-order valence-corrected chi connectivity index (χ1v) is 26.9. The van der Waals surface area contributed by atoms with Crippen molar-refractivity contribution in [3.63, 3.8) is 0 Å². The minimum absolute atomic E-state index is 0.0492. The van der Waals surface area contributed by atoms with E-state index >= 15 is 0 Å². The molecule has 1 aliphatic heterocycles. The van der Waals surface area contributed by atoms with Crippen LogP contribution in [-0.4, -0.2) is 84.1 Å². The van der Waals surface area contributed by atoms with Gasteiger partial charge in [0.1, 0.15) is 22.8 Å². The number of benzene rings is 3. The first kappa shape index (κ1) is 50.4. The number of H-pyrrole nitrogens is 1. The molecular weight excluding hydrogens is 949 g/mol. The molecule has 3 aliphatic rings. The molecule has 0 atom stereocenters. The topological polar surface area (TPSA) is 187 Å². The Morgan fingerprint density at radius 1 is 1.00 bits per heavy atom. The minimum atomic E-state index is -4.59. The minimum Gasteiger partial charge on any atom is -0.455 e. The van der Waals surface area contributed by atoms with Gasteiger partial charge < -0.3 is 29.9 Å². The molecule has 2 fully saturated rings. The van der Waals surface area contributed by atoms with E-state index in [-0.39, 0.29) is 28.3 Å². The number of sulfonamides is 1. The standard InChI is InChI=1S/C55H62N8O7S2/c1-53(2)19-17-39(46(31-53)50-28-40(35-71-50)37-7-9-41(10-8-37)54(3,4)56-6)34-61-23-25-62(26-24-61)42-11-13-45(49(29-42)70-43-27-38-18-22-57-51(38)59-33-43)52(64)60-72(68,69)44-12-14-47(48(30-44)63(66)67)58-32-36-15-20-55(5,65)21-16-36/h7-14,18,22,27-30,33,35-36,58,65H,15-17,19-21,23-26,31-32,34H2,1-5H3,(H,57,59)(H,60,64). The van der Waals surface area contributed by atoms with Crippen LogP contribution in [0.15, 0.2) is 107 Å². The van der Waals surface area contributed by atoms with E-state index in [0.29, 0.717) is 43.9 Å². The SMILES string of the molecule is [C-]#[N+]C(C)(C)c1ccc(-c2csc(C3=C(CN4CCN(c5ccc(C(=O)NS(=O)(=O)c6ccc(NCC7CCC(C)(O)CC7)c([N+](=O)[O-])c6)c(Oc6cnc7[nH]ccc7c6)c5)CC4)CCC(C)(C)C3)c2)cc1. The van der Waals surface area contributed by atoms with Crippen LogP contribution in [0, 0.1) is 28.0 Å². The lowest BCUT2D eigenvalue weighted by Crippen LogP contribution is -2.47. The van der Waals surface area contributed by atoms with Crippen LogP contribution in [0.5, 0.6) is 11.5 Å². The molecule has 72 heavy (non-hydrogen) atoms. The van der Waals surface area contributed by atoms with Crippen molar-refractivity contribution in [3.8, 4) is 22.6 Å². The number of nitro groups is 1. The summed E-state index contributed by atoms with van der Waals surface area (Å²) in [6, 6.07) is 22.9. The van der Waals surface area contributed by atoms with Crippen molar-refractivity contribution in [2.75, 3.05) is 49.5 Å². The first-order valence-electron chi connectivity index (χ1n) is 24.6. The van der Waals surface area contributed by atoms with Crippen molar-refractivity contribution in [1.29, 1.82) is 0 Å². The van der Waals surface area contributed by atoms with Gasteiger partial charge >= 0.3 is 0 Å². The van der Waals surface area contributed by atoms with Crippen molar-refractivity contribution < 1.29 is 28.0 Å². The molecule has 1 amide bonds. The van der Waals surface area contributed by atoms with Gasteiger partial charge in [-0.3, -0.25) is 19.8 Å². The van der Waals surface area contributed by atoms with Gasteiger partial charge in [-0.15, -0.1) is 11.3 Å². The number of hydrogen-bond acceptors (Lipinski definition) is 12. The van der Waals surface area contributed by atoms with Crippen LogP contribution < -0.4 is 19.7 Å². The van der Waals surface area contributed by atoms with Crippen molar-refractivity contribution >= 4 is 60.9 Å². The van der Waals surface area contributed by atoms with E-state index < -0.39 is 42.6 Å². The van der Waals surface area contributed by atoms with Gasteiger partial charge in [-0.1, -0.05) is 43.7 Å². The molecule has 17 heteroatoms. The zero-order valence-corrected chi connectivity index (χ0v) is 43.1. The second-order valence-corrected chi connectivity index (χ2v) is 23.8. The lowest BCUT2D eigenvalue weighted by atomic mass is 9.73. The Hall–Kier alpha value is -6.58. The third kappa shape index (κ3) is 11.4. The Morgan fingerprint density at radius 2 is 1.75 bits per heavy atom. The largest absolute Gasteiger partial charge is 0.455 e. The predicted octanol–water partition coefficient (Wildman–Crippen LogP) is 11.4. The summed E-state index contributed by atoms with van der Waals surface area (Å²) >= 11 is 1.80. The average Bonchev–Trinajstić information content (AvgIpc) is 4.05. The molecule has 0 radical (unpaired) electrons. The van der Waals surface area contributed by atoms with Crippen molar-refractivity contribution in [1.82, 2.24) is 19.6 Å². The first-order chi connectivity index (χ1) is 34.2. The molecule has 0 bridgehead atoms. The molecule has 4 N–H and O–H groups in total. The quantitative estimate of drug-likeness (QED) is 0.0435. The molecule has 1 saturated carbocycles. The van der Waals surface area contributed by atoms with Gasteiger partial charge in [-0.25, -0.2) is 24.7 Å². The van der Waals surface area contributed by atoms with Gasteiger partial charge in [0.15, 0.2) is 0 Å². The highest BCUT2D eigenvalue weighted by molar-refractivity contribution is 7.90. The summed E-state index contributed by atoms with van der Waals surface area (Å²) in [4.78, 5) is 42.5. The zero-order valence-electron chi connectivity index (χ0n) is 41.5. The van der Waals surface area contributed by atoms with Gasteiger partial charge in [-0.2, -0.15) is 0 Å². The number of amides is 1. The van der Waals surface area contributed by atoms with Crippen LogP contribution in [-0.2, 0) is 15.6 Å². The molecule has 0 unspecified atom stereocenters. The highest BCUT2D eigenvalue weighted by atomic mass is 32.2. The number of ether oxygens (including phenoxy) is 1. The molecule has 3 aromatic carbocycles. The number of rotatable bonds is 15. The molecule has 9 rings (SSSR count). The fourth-order valence-electron chi connectivity index (χ4n) is 10.0. The Morgan fingerprint density at radius 3 is 2.47 bits per heavy atom. The number of fused-ring (bicyclic) bond motifs is 1. The van der Waals surface area contributed by atoms with E-state index in [1.165, 1.54) is 39.9 Å². The van der Waals surface area contributed by atoms with Gasteiger partial charge in [0.05, 0.1) is 27.2 Å². The second-order valence-electron chi connectivity index (χ2n) is 21.2. The van der Waals surface area contributed by atoms with E-state index in [2.05, 4.69) is 84.2 Å². The number of aromatic nitrogens is 2. The van der Waals surface area contributed by atoms with Crippen molar-refractivity contribution in [2.45, 2.75) is 95.6 Å². The summed E-state index contributed by atoms with van der Waals surface area (Å²) in [6.45, 7) is 22.3. The number of hydrogen-bond donors (Lipinski definition) is 4. The average molecular weight is 1010 g/mol. The number of piperazine rings is 1. The molecule has 6 aromatic rings. The van der Waals surface area contributed by atoms with Crippen LogP contribution in [0.25, 0.3) is 32.6 Å². The summed E-state index contributed by atoms with van der Waals surface area (Å²) in [5.74, 6) is -0.311. The maximum Gasteiger partial charge on any atom is 0.293 e. The maximum absolute atomic E-state index is 14.1. The molecule has 376 valence electrons. The van der Waals surface area contributed by atoms with Gasteiger partial charge in [-0.05, 0) is 128 Å². The second kappa shape index (κ2) is 20.1. The number of carbonyl (C=O) groups excluding carboxylic acids is 1. The molecule has 15 nitrogen and oxygen atoms in total. The van der Waals surface area contributed by atoms with Crippen LogP contribution in [0.4, 0.5) is 17.1 Å². The smallest absolute Gasteiger partial charge is 0.293 e. The van der Waals surface area contributed by atoms with Gasteiger partial charge in [0.2, 0.25) is 0 Å². The lowest BCUT2D eigenvalue weighted by molar-refractivity contribution is -0.384. The van der Waals surface area contributed by atoms with Crippen LogP contribution in [0.1, 0.15) is 100 Å². The summed E-state index contributed by atoms with van der Waals surface area (Å²) in [7, 11) is -4.59. The number of pyridine rings is 1. The fourth-order valence-corrected chi connectivity index (χ4v) is 12.0. The zero-order chi connectivity index (χ0) is 51.0. The lowest BCUT2D eigenvalue weighted by Gasteiger charge is -2.39. The Bertz CT molecular complexity index is 3190. The third-order valence-corrected chi connectivity index (χ3v) is 17.0. The van der Waals surface area contributed by atoms with E-state index in [9.17, 15) is 28.4 Å². The highest BCUT2D eigenvalue weighted by Gasteiger charge is 2.33. The Balaban J connectivity index is 0.908. The summed E-state index contributed by atoms with van der Waals surface area (Å²) in [6.07, 6.45) is 9.22. The van der Waals surface area contributed by atoms with Gasteiger partial charge in [0, 0.05) is 93.0 Å². The summed E-state index contributed by atoms with van der Waals surface area (Å²) < 4.78 is 36.1. The maximum atomic E-state index is 14.1. The number of nitrogens with one attached hydrogen (secondary N) is 3. The molecule has 3 aromatic heterocycles. The van der Waals surface area contributed by atoms with E-state index in [1.54, 1.807) is 41.8 Å². The predicted molar refractivity (Wildman–Crippen MR) is 284 cm³/mol. The van der Waals surface area contributed by atoms with Crippen LogP contribution in [0.2, 0.25) is 0 Å². The molecule has 2 aliphatic carbocycles. The number of anilines is 2. The molecule has 1 saturated heterocycles. The molecular formula is C55H62N8O7S2. The number of nitrogens with zero attached hydrogens (tertiary/aromatic N) is 5. The number of carbonyl (C=O) groups is 1. The number of allylic oxidation sites excluding steroid dienone is 1. The molecule has 0 spiro atoms. The van der Waals surface area contributed by atoms with Crippen molar-refractivity contribution in [3.05, 3.63) is 140 Å². The highest BCUT2D eigenvalue weighted by Crippen LogP contribution is 2.46. The monoisotopic (exact) mass is 1010 g/mol. The Labute approximate surface area is 425 Å². The third-order valence-electron chi connectivity index (χ3n) is 14.7. The van der Waals surface area contributed by atoms with Crippen LogP contribution >= 0.6 is 11.3 Å². The van der Waals surface area contributed by atoms with Crippen LogP contribution in [0.3, 0.4) is 0 Å². The van der Waals surface area contributed by atoms with E-state index in [0.717, 1.165) is 80.0 Å². The summed E-state index contributed by atoms with van der Waals surface area (Å²) in [5, 5.41) is 28.7. The number of thiophene rings is 1. The Kier molecular flexibility index (Phi) is 14.1. The van der Waals surface area contributed by atoms with E-state index in [4.69, 9.17) is 11.3 Å². The number of nitro benzene ring substituents is 1. The van der Waals surface area contributed by atoms with E-state index in [1.807, 2.05) is 26.8 Å². The fraction of sp³-hybridized carbons (Fsp3) is 0.400. The van der Waals surface area contributed by atoms with Crippen molar-refractivity contribution in [2.24, 2.45) is 11.3 Å². The van der Waals surface area contributed by atoms with Gasteiger partial charge in [0.25, 0.3) is 27.2 Å². The molecule has 4 heterocycles. The number of aromatic amines is 1. The number of aliphatic hydroxyl groups is 1.